The van der Waals surface area contributed by atoms with Crippen molar-refractivity contribution in [3.8, 4) is 6.01 Å². The smallest absolute Gasteiger partial charge is 0.299 e. The highest BCUT2D eigenvalue weighted by Gasteiger charge is 2.22. The summed E-state index contributed by atoms with van der Waals surface area (Å²) in [5.74, 6) is -0.0886. The lowest BCUT2D eigenvalue weighted by atomic mass is 10.2. The molecule has 1 aromatic carbocycles. The third-order valence-electron chi connectivity index (χ3n) is 4.70. The van der Waals surface area contributed by atoms with Crippen molar-refractivity contribution >= 4 is 48.2 Å². The van der Waals surface area contributed by atoms with Gasteiger partial charge >= 0.3 is 0 Å². The summed E-state index contributed by atoms with van der Waals surface area (Å²) < 4.78 is 13.6. The number of nitrogens with zero attached hydrogens (tertiary/aromatic N) is 3. The number of imidazole rings is 1. The number of fused-ring (bicyclic) bond motifs is 1. The van der Waals surface area contributed by atoms with Crippen LogP contribution in [0.3, 0.4) is 0 Å². The highest BCUT2D eigenvalue weighted by atomic mass is 35.5. The quantitative estimate of drug-likeness (QED) is 0.328. The molecule has 0 saturated carbocycles. The number of carbonyl (C=O) groups is 1. The maximum atomic E-state index is 12.7. The van der Waals surface area contributed by atoms with Crippen molar-refractivity contribution in [2.75, 3.05) is 13.2 Å². The molecule has 0 aliphatic carbocycles. The van der Waals surface area contributed by atoms with Crippen LogP contribution in [0.15, 0.2) is 12.1 Å². The second-order valence-corrected chi connectivity index (χ2v) is 15.6. The van der Waals surface area contributed by atoms with Gasteiger partial charge in [-0.1, -0.05) is 42.8 Å². The molecule has 0 fully saturated rings. The Balaban J connectivity index is 2.23. The van der Waals surface area contributed by atoms with Gasteiger partial charge in [0.1, 0.15) is 6.73 Å². The lowest BCUT2D eigenvalue weighted by Gasteiger charge is -2.30. The van der Waals surface area contributed by atoms with Crippen molar-refractivity contribution < 1.29 is 14.3 Å². The fraction of sp³-hybridized carbons (Fsp3) is 0.619. The van der Waals surface area contributed by atoms with Crippen LogP contribution in [0.1, 0.15) is 27.7 Å². The number of amides is 1. The molecule has 0 saturated heterocycles. The number of ether oxygens (including phenoxy) is 2. The van der Waals surface area contributed by atoms with Crippen LogP contribution < -0.4 is 4.74 Å². The Morgan fingerprint density at radius 2 is 1.73 bits per heavy atom. The summed E-state index contributed by atoms with van der Waals surface area (Å²) in [5, 5.41) is 0.850. The second-order valence-electron chi connectivity index (χ2n) is 9.20. The monoisotopic (exact) mass is 473 g/mol. The topological polar surface area (TPSA) is 56.6 Å². The van der Waals surface area contributed by atoms with E-state index >= 15 is 0 Å². The Bertz CT molecular complexity index is 870. The van der Waals surface area contributed by atoms with Gasteiger partial charge < -0.3 is 14.4 Å². The van der Waals surface area contributed by atoms with E-state index in [-0.39, 0.29) is 31.3 Å². The molecule has 0 unspecified atom stereocenters. The molecule has 0 radical (unpaired) electrons. The number of halogens is 2. The predicted molar refractivity (Wildman–Crippen MR) is 126 cm³/mol. The fourth-order valence-corrected chi connectivity index (χ4v) is 4.31. The second kappa shape index (κ2) is 10.4. The molecule has 1 amide bonds. The maximum Gasteiger partial charge on any atom is 0.299 e. The van der Waals surface area contributed by atoms with Gasteiger partial charge in [0, 0.05) is 26.8 Å². The van der Waals surface area contributed by atoms with Crippen molar-refractivity contribution in [2.24, 2.45) is 0 Å². The first-order valence-corrected chi connectivity index (χ1v) is 14.7. The van der Waals surface area contributed by atoms with Gasteiger partial charge in [0.2, 0.25) is 0 Å². The largest absolute Gasteiger partial charge is 0.454 e. The van der Waals surface area contributed by atoms with Crippen LogP contribution >= 0.6 is 23.2 Å². The zero-order valence-electron chi connectivity index (χ0n) is 19.0. The first-order valence-electron chi connectivity index (χ1n) is 10.3. The summed E-state index contributed by atoms with van der Waals surface area (Å²) in [4.78, 5) is 19.0. The molecule has 9 heteroatoms. The minimum absolute atomic E-state index is 0.0856. The molecule has 0 spiro atoms. The molecule has 0 aliphatic heterocycles. The van der Waals surface area contributed by atoms with E-state index < -0.39 is 8.07 Å². The lowest BCUT2D eigenvalue weighted by Crippen LogP contribution is -2.44. The third-order valence-corrected chi connectivity index (χ3v) is 7.12. The van der Waals surface area contributed by atoms with Gasteiger partial charge in [-0.05, 0) is 45.9 Å². The average molecular weight is 475 g/mol. The fourth-order valence-electron chi connectivity index (χ4n) is 3.24. The van der Waals surface area contributed by atoms with Gasteiger partial charge in [0.15, 0.2) is 6.61 Å². The van der Waals surface area contributed by atoms with Crippen molar-refractivity contribution in [3.63, 3.8) is 0 Å². The van der Waals surface area contributed by atoms with Crippen LogP contribution in [0.25, 0.3) is 11.0 Å². The minimum atomic E-state index is -1.20. The molecule has 0 N–H and O–H groups in total. The van der Waals surface area contributed by atoms with Gasteiger partial charge in [0.05, 0.1) is 21.1 Å². The van der Waals surface area contributed by atoms with Crippen LogP contribution in [0.4, 0.5) is 0 Å². The van der Waals surface area contributed by atoms with Gasteiger partial charge in [-0.15, -0.1) is 0 Å². The zero-order chi connectivity index (χ0) is 22.6. The highest BCUT2D eigenvalue weighted by molar-refractivity contribution is 6.76. The Kier molecular flexibility index (Phi) is 8.62. The van der Waals surface area contributed by atoms with Gasteiger partial charge in [0.25, 0.3) is 11.9 Å². The Morgan fingerprint density at radius 1 is 1.13 bits per heavy atom. The molecule has 1 heterocycles. The number of hydrogen-bond donors (Lipinski definition) is 0. The summed E-state index contributed by atoms with van der Waals surface area (Å²) in [6, 6.07) is 4.98. The summed E-state index contributed by atoms with van der Waals surface area (Å²) >= 11 is 12.4. The average Bonchev–Trinajstić information content (AvgIpc) is 2.92. The summed E-state index contributed by atoms with van der Waals surface area (Å²) in [6.45, 7) is 15.7. The van der Waals surface area contributed by atoms with E-state index in [0.29, 0.717) is 28.2 Å². The Hall–Kier alpha value is -1.28. The van der Waals surface area contributed by atoms with Crippen LogP contribution in [0.2, 0.25) is 35.7 Å². The molecule has 0 atom stereocenters. The molecule has 6 nitrogen and oxygen atoms in total. The van der Waals surface area contributed by atoms with Gasteiger partial charge in [-0.2, -0.15) is 4.98 Å². The van der Waals surface area contributed by atoms with Crippen LogP contribution in [-0.4, -0.2) is 53.7 Å². The molecule has 0 bridgehead atoms. The van der Waals surface area contributed by atoms with E-state index in [1.54, 1.807) is 21.6 Å². The molecule has 30 heavy (non-hydrogen) atoms. The van der Waals surface area contributed by atoms with E-state index in [4.69, 9.17) is 32.7 Å². The SMILES string of the molecule is CC(C)N(C(=O)COc1nc2cc(Cl)c(Cl)cc2n1COCC[Si](C)(C)C)C(C)C. The molecular formula is C21H33Cl2N3O3Si. The number of aromatic nitrogens is 2. The van der Waals surface area contributed by atoms with E-state index in [2.05, 4.69) is 24.6 Å². The van der Waals surface area contributed by atoms with E-state index in [1.807, 2.05) is 27.7 Å². The molecule has 2 aromatic rings. The van der Waals surface area contributed by atoms with E-state index in [1.165, 1.54) is 0 Å². The molecule has 168 valence electrons. The van der Waals surface area contributed by atoms with E-state index in [9.17, 15) is 4.79 Å². The summed E-state index contributed by atoms with van der Waals surface area (Å²) in [5.41, 5.74) is 1.40. The third kappa shape index (κ3) is 6.61. The lowest BCUT2D eigenvalue weighted by molar-refractivity contribution is -0.137. The van der Waals surface area contributed by atoms with Gasteiger partial charge in [-0.3, -0.25) is 9.36 Å². The van der Waals surface area contributed by atoms with Gasteiger partial charge in [-0.25, -0.2) is 0 Å². The first kappa shape index (κ1) is 25.0. The number of benzene rings is 1. The minimum Gasteiger partial charge on any atom is -0.454 e. The Morgan fingerprint density at radius 3 is 2.30 bits per heavy atom. The first-order chi connectivity index (χ1) is 13.9. The summed E-state index contributed by atoms with van der Waals surface area (Å²) in [7, 11) is -1.20. The van der Waals surface area contributed by atoms with Crippen molar-refractivity contribution in [1.82, 2.24) is 14.5 Å². The van der Waals surface area contributed by atoms with Crippen molar-refractivity contribution in [3.05, 3.63) is 22.2 Å². The maximum absolute atomic E-state index is 12.7. The van der Waals surface area contributed by atoms with Crippen molar-refractivity contribution in [1.29, 1.82) is 0 Å². The number of hydrogen-bond acceptors (Lipinski definition) is 4. The van der Waals surface area contributed by atoms with Crippen LogP contribution in [0.5, 0.6) is 6.01 Å². The molecule has 1 aromatic heterocycles. The van der Waals surface area contributed by atoms with Crippen LogP contribution in [-0.2, 0) is 16.3 Å². The van der Waals surface area contributed by atoms with Crippen LogP contribution in [0, 0.1) is 0 Å². The highest BCUT2D eigenvalue weighted by Crippen LogP contribution is 2.30. The zero-order valence-corrected chi connectivity index (χ0v) is 21.5. The molecular weight excluding hydrogens is 441 g/mol. The number of carbonyl (C=O) groups excluding carboxylic acids is 1. The molecule has 0 aliphatic rings. The molecule has 2 rings (SSSR count). The predicted octanol–water partition coefficient (Wildman–Crippen LogP) is 5.68. The Labute approximate surface area is 190 Å². The summed E-state index contributed by atoms with van der Waals surface area (Å²) in [6.07, 6.45) is 0. The standard InChI is InChI=1S/C21H33Cl2N3O3Si/c1-14(2)26(15(3)4)20(27)12-29-21-24-18-10-16(22)17(23)11-19(18)25(21)13-28-8-9-30(5,6)7/h10-11,14-15H,8-9,12-13H2,1-7H3. The van der Waals surface area contributed by atoms with Crippen molar-refractivity contribution in [2.45, 2.75) is 72.2 Å². The number of rotatable bonds is 10. The van der Waals surface area contributed by atoms with E-state index in [0.717, 1.165) is 11.6 Å². The normalized spacial score (nSPS) is 12.2.